The van der Waals surface area contributed by atoms with E-state index in [1.807, 2.05) is 14.0 Å². The topological polar surface area (TPSA) is 92.7 Å². The number of hydrogen-bond donors (Lipinski definition) is 2. The third-order valence-corrected chi connectivity index (χ3v) is 4.49. The highest BCUT2D eigenvalue weighted by molar-refractivity contribution is 7.89. The molecule has 1 atom stereocenters. The largest absolute Gasteiger partial charge is 0.332 e. The minimum absolute atomic E-state index is 0.0680. The van der Waals surface area contributed by atoms with Crippen molar-refractivity contribution in [2.24, 2.45) is 7.05 Å². The Balaban J connectivity index is 2.23. The molecule has 2 rings (SSSR count). The molecule has 8 heteroatoms. The number of hydrogen-bond acceptors (Lipinski definition) is 4. The molecular weight excluding hydrogens is 266 g/mol. The maximum absolute atomic E-state index is 12.1. The highest BCUT2D eigenvalue weighted by Crippen LogP contribution is 2.18. The molecule has 0 bridgehead atoms. The SMILES string of the molecule is Cc1ncc(S(=O)(=O)NC(C)c2cnn(C)c2C)[nH]1. The first-order valence-electron chi connectivity index (χ1n) is 5.83. The summed E-state index contributed by atoms with van der Waals surface area (Å²) in [5.41, 5.74) is 1.78. The van der Waals surface area contributed by atoms with Gasteiger partial charge in [0.1, 0.15) is 5.82 Å². The van der Waals surface area contributed by atoms with Gasteiger partial charge in [0.2, 0.25) is 0 Å². The molecule has 0 saturated carbocycles. The monoisotopic (exact) mass is 283 g/mol. The minimum Gasteiger partial charge on any atom is -0.332 e. The van der Waals surface area contributed by atoms with E-state index in [1.165, 1.54) is 6.20 Å². The van der Waals surface area contributed by atoms with Gasteiger partial charge in [-0.3, -0.25) is 4.68 Å². The second-order valence-corrected chi connectivity index (χ2v) is 6.17. The van der Waals surface area contributed by atoms with Crippen molar-refractivity contribution < 1.29 is 8.42 Å². The number of aryl methyl sites for hydroxylation is 2. The number of imidazole rings is 1. The molecule has 104 valence electrons. The van der Waals surface area contributed by atoms with Gasteiger partial charge in [-0.2, -0.15) is 5.10 Å². The summed E-state index contributed by atoms with van der Waals surface area (Å²) in [5, 5.41) is 4.17. The first-order chi connectivity index (χ1) is 8.81. The fourth-order valence-corrected chi connectivity index (χ4v) is 3.03. The van der Waals surface area contributed by atoms with E-state index in [1.54, 1.807) is 24.7 Å². The Bertz CT molecular complexity index is 686. The molecule has 0 fully saturated rings. The lowest BCUT2D eigenvalue weighted by Crippen LogP contribution is -2.27. The van der Waals surface area contributed by atoms with Crippen molar-refractivity contribution in [1.29, 1.82) is 0 Å². The van der Waals surface area contributed by atoms with E-state index in [9.17, 15) is 8.42 Å². The molecule has 0 aliphatic carbocycles. The van der Waals surface area contributed by atoms with Gasteiger partial charge in [-0.1, -0.05) is 0 Å². The van der Waals surface area contributed by atoms with Crippen LogP contribution in [0, 0.1) is 13.8 Å². The molecule has 0 amide bonds. The van der Waals surface area contributed by atoms with Gasteiger partial charge in [-0.05, 0) is 20.8 Å². The number of aromatic amines is 1. The first-order valence-corrected chi connectivity index (χ1v) is 7.32. The summed E-state index contributed by atoms with van der Waals surface area (Å²) in [4.78, 5) is 6.60. The van der Waals surface area contributed by atoms with E-state index in [4.69, 9.17) is 0 Å². The zero-order chi connectivity index (χ0) is 14.2. The molecule has 0 aliphatic heterocycles. The zero-order valence-electron chi connectivity index (χ0n) is 11.3. The minimum atomic E-state index is -3.60. The predicted octanol–water partition coefficient (Wildman–Crippen LogP) is 0.800. The van der Waals surface area contributed by atoms with E-state index >= 15 is 0 Å². The highest BCUT2D eigenvalue weighted by atomic mass is 32.2. The van der Waals surface area contributed by atoms with Crippen molar-refractivity contribution in [2.75, 3.05) is 0 Å². The molecule has 0 radical (unpaired) electrons. The van der Waals surface area contributed by atoms with Crippen LogP contribution in [0.4, 0.5) is 0 Å². The van der Waals surface area contributed by atoms with Crippen LogP contribution in [0.15, 0.2) is 17.4 Å². The van der Waals surface area contributed by atoms with E-state index in [2.05, 4.69) is 19.8 Å². The Morgan fingerprint density at radius 1 is 1.37 bits per heavy atom. The second kappa shape index (κ2) is 4.78. The van der Waals surface area contributed by atoms with Gasteiger partial charge >= 0.3 is 0 Å². The third kappa shape index (κ3) is 2.69. The van der Waals surface area contributed by atoms with Gasteiger partial charge in [0.25, 0.3) is 10.0 Å². The van der Waals surface area contributed by atoms with Gasteiger partial charge in [0.05, 0.1) is 12.4 Å². The summed E-state index contributed by atoms with van der Waals surface area (Å²) in [6.07, 6.45) is 2.97. The smallest absolute Gasteiger partial charge is 0.258 e. The summed E-state index contributed by atoms with van der Waals surface area (Å²) >= 11 is 0. The molecular formula is C11H17N5O2S. The van der Waals surface area contributed by atoms with Gasteiger partial charge in [-0.15, -0.1) is 0 Å². The summed E-state index contributed by atoms with van der Waals surface area (Å²) < 4.78 is 28.6. The van der Waals surface area contributed by atoms with Crippen LogP contribution in [0.3, 0.4) is 0 Å². The molecule has 0 saturated heterocycles. The lowest BCUT2D eigenvalue weighted by atomic mass is 10.1. The summed E-state index contributed by atoms with van der Waals surface area (Å²) in [7, 11) is -1.78. The van der Waals surface area contributed by atoms with Crippen LogP contribution in [0.1, 0.15) is 30.0 Å². The fraction of sp³-hybridized carbons (Fsp3) is 0.455. The van der Waals surface area contributed by atoms with Crippen molar-refractivity contribution in [3.8, 4) is 0 Å². The molecule has 7 nitrogen and oxygen atoms in total. The Morgan fingerprint density at radius 3 is 2.53 bits per heavy atom. The number of H-pyrrole nitrogens is 1. The quantitative estimate of drug-likeness (QED) is 0.868. The van der Waals surface area contributed by atoms with E-state index < -0.39 is 10.0 Å². The summed E-state index contributed by atoms with van der Waals surface area (Å²) in [6.45, 7) is 5.38. The van der Waals surface area contributed by atoms with Crippen molar-refractivity contribution >= 4 is 10.0 Å². The predicted molar refractivity (Wildman–Crippen MR) is 70.0 cm³/mol. The lowest BCUT2D eigenvalue weighted by molar-refractivity contribution is 0.563. The van der Waals surface area contributed by atoms with Crippen molar-refractivity contribution in [1.82, 2.24) is 24.5 Å². The van der Waals surface area contributed by atoms with Crippen molar-refractivity contribution in [3.63, 3.8) is 0 Å². The molecule has 1 unspecified atom stereocenters. The highest BCUT2D eigenvalue weighted by Gasteiger charge is 2.22. The molecule has 2 aromatic rings. The maximum atomic E-state index is 12.1. The molecule has 2 aromatic heterocycles. The second-order valence-electron chi connectivity index (χ2n) is 4.48. The van der Waals surface area contributed by atoms with Crippen LogP contribution < -0.4 is 4.72 Å². The lowest BCUT2D eigenvalue weighted by Gasteiger charge is -2.13. The Kier molecular flexibility index (Phi) is 3.46. The molecule has 0 spiro atoms. The van der Waals surface area contributed by atoms with Gasteiger partial charge in [-0.25, -0.2) is 18.1 Å². The number of nitrogens with zero attached hydrogens (tertiary/aromatic N) is 3. The number of aromatic nitrogens is 4. The number of sulfonamides is 1. The number of nitrogens with one attached hydrogen (secondary N) is 2. The van der Waals surface area contributed by atoms with Crippen LogP contribution in [-0.2, 0) is 17.1 Å². The molecule has 19 heavy (non-hydrogen) atoms. The van der Waals surface area contributed by atoms with Crippen LogP contribution >= 0.6 is 0 Å². The van der Waals surface area contributed by atoms with Crippen molar-refractivity contribution in [2.45, 2.75) is 31.8 Å². The standard InChI is InChI=1S/C11H17N5O2S/c1-7(10-5-13-16(4)8(10)2)15-19(17,18)11-6-12-9(3)14-11/h5-7,15H,1-4H3,(H,12,14). The number of rotatable bonds is 4. The Labute approximate surface area is 112 Å². The van der Waals surface area contributed by atoms with Crippen molar-refractivity contribution in [3.05, 3.63) is 29.5 Å². The average Bonchev–Trinajstić information content (AvgIpc) is 2.87. The Morgan fingerprint density at radius 2 is 2.05 bits per heavy atom. The van der Waals surface area contributed by atoms with Crippen LogP contribution in [0.25, 0.3) is 0 Å². The van der Waals surface area contributed by atoms with E-state index in [-0.39, 0.29) is 11.1 Å². The van der Waals surface area contributed by atoms with Crippen LogP contribution in [0.2, 0.25) is 0 Å². The molecule has 0 aliphatic rings. The zero-order valence-corrected chi connectivity index (χ0v) is 12.1. The van der Waals surface area contributed by atoms with E-state index in [0.717, 1.165) is 11.3 Å². The fourth-order valence-electron chi connectivity index (χ4n) is 1.84. The third-order valence-electron chi connectivity index (χ3n) is 3.04. The molecule has 0 aromatic carbocycles. The van der Waals surface area contributed by atoms with Crippen LogP contribution in [-0.4, -0.2) is 28.2 Å². The molecule has 2 N–H and O–H groups in total. The van der Waals surface area contributed by atoms with Gasteiger partial charge in [0, 0.05) is 24.3 Å². The first kappa shape index (κ1) is 13.8. The normalized spacial score (nSPS) is 13.7. The Hall–Kier alpha value is -1.67. The van der Waals surface area contributed by atoms with E-state index in [0.29, 0.717) is 5.82 Å². The maximum Gasteiger partial charge on any atom is 0.258 e. The summed E-state index contributed by atoms with van der Waals surface area (Å²) in [5.74, 6) is 0.561. The van der Waals surface area contributed by atoms with Gasteiger partial charge < -0.3 is 4.98 Å². The average molecular weight is 283 g/mol. The van der Waals surface area contributed by atoms with Crippen LogP contribution in [0.5, 0.6) is 0 Å². The summed E-state index contributed by atoms with van der Waals surface area (Å²) in [6, 6.07) is -0.359. The molecule has 2 heterocycles. The van der Waals surface area contributed by atoms with Gasteiger partial charge in [0.15, 0.2) is 5.03 Å².